The summed E-state index contributed by atoms with van der Waals surface area (Å²) in [6, 6.07) is 11.1. The second-order valence-electron chi connectivity index (χ2n) is 6.99. The number of aryl methyl sites for hydroxylation is 1. The molecule has 0 aliphatic heterocycles. The molecule has 3 aromatic rings. The van der Waals surface area contributed by atoms with E-state index in [1.165, 1.54) is 6.07 Å². The van der Waals surface area contributed by atoms with Crippen molar-refractivity contribution in [1.29, 1.82) is 0 Å². The Hall–Kier alpha value is -4.08. The quantitative estimate of drug-likeness (QED) is 0.368. The lowest BCUT2D eigenvalue weighted by molar-refractivity contribution is -0.384. The lowest BCUT2D eigenvalue weighted by Gasteiger charge is -2.20. The van der Waals surface area contributed by atoms with E-state index in [9.17, 15) is 14.9 Å². The zero-order valence-electron chi connectivity index (χ0n) is 18.1. The molecule has 1 atom stereocenters. The highest BCUT2D eigenvalue weighted by Gasteiger charge is 2.22. The van der Waals surface area contributed by atoms with E-state index >= 15 is 0 Å². The van der Waals surface area contributed by atoms with Crippen molar-refractivity contribution in [2.45, 2.75) is 12.5 Å². The van der Waals surface area contributed by atoms with Crippen molar-refractivity contribution < 1.29 is 19.2 Å². The van der Waals surface area contributed by atoms with Gasteiger partial charge in [-0.15, -0.1) is 0 Å². The van der Waals surface area contributed by atoms with Crippen LogP contribution in [0.1, 0.15) is 23.9 Å². The largest absolute Gasteiger partial charge is 0.497 e. The Morgan fingerprint density at radius 2 is 1.88 bits per heavy atom. The number of ether oxygens (including phenoxy) is 2. The van der Waals surface area contributed by atoms with Crippen molar-refractivity contribution in [3.63, 3.8) is 0 Å². The number of amides is 1. The third kappa shape index (κ3) is 5.34. The van der Waals surface area contributed by atoms with Crippen molar-refractivity contribution in [3.8, 4) is 11.5 Å². The first-order valence-electron chi connectivity index (χ1n) is 9.89. The number of rotatable bonds is 10. The van der Waals surface area contributed by atoms with Crippen LogP contribution in [-0.4, -0.2) is 41.1 Å². The Morgan fingerprint density at radius 1 is 1.19 bits per heavy atom. The Kier molecular flexibility index (Phi) is 7.27. The topological polar surface area (TPSA) is 121 Å². The Labute approximate surface area is 185 Å². The molecular formula is C22H25N5O5. The molecule has 0 saturated heterocycles. The van der Waals surface area contributed by atoms with Gasteiger partial charge in [-0.2, -0.15) is 0 Å². The maximum Gasteiger partial charge on any atom is 0.292 e. The molecule has 168 valence electrons. The first kappa shape index (κ1) is 22.6. The van der Waals surface area contributed by atoms with Crippen molar-refractivity contribution in [2.24, 2.45) is 7.05 Å². The molecule has 0 saturated carbocycles. The van der Waals surface area contributed by atoms with Crippen LogP contribution in [0.25, 0.3) is 0 Å². The van der Waals surface area contributed by atoms with Gasteiger partial charge >= 0.3 is 0 Å². The van der Waals surface area contributed by atoms with Gasteiger partial charge in [-0.25, -0.2) is 4.98 Å². The first-order chi connectivity index (χ1) is 15.4. The highest BCUT2D eigenvalue weighted by Crippen LogP contribution is 2.29. The minimum absolute atomic E-state index is 0.0396. The van der Waals surface area contributed by atoms with Crippen LogP contribution in [0.4, 0.5) is 11.4 Å². The molecule has 1 aromatic heterocycles. The van der Waals surface area contributed by atoms with E-state index in [4.69, 9.17) is 9.47 Å². The van der Waals surface area contributed by atoms with Crippen LogP contribution < -0.4 is 20.1 Å². The molecule has 0 fully saturated rings. The van der Waals surface area contributed by atoms with Crippen LogP contribution in [0, 0.1) is 10.1 Å². The summed E-state index contributed by atoms with van der Waals surface area (Å²) in [4.78, 5) is 27.8. The van der Waals surface area contributed by atoms with E-state index in [2.05, 4.69) is 15.6 Å². The molecule has 0 aliphatic rings. The fraction of sp³-hybridized carbons (Fsp3) is 0.273. The zero-order valence-corrected chi connectivity index (χ0v) is 18.1. The number of nitro benzene ring substituents is 1. The molecule has 32 heavy (non-hydrogen) atoms. The molecule has 2 aromatic carbocycles. The van der Waals surface area contributed by atoms with Gasteiger partial charge < -0.3 is 24.7 Å². The van der Waals surface area contributed by atoms with Gasteiger partial charge in [0, 0.05) is 44.5 Å². The van der Waals surface area contributed by atoms with E-state index in [1.54, 1.807) is 50.9 Å². The van der Waals surface area contributed by atoms with Crippen LogP contribution >= 0.6 is 0 Å². The van der Waals surface area contributed by atoms with Crippen molar-refractivity contribution >= 4 is 17.3 Å². The number of carbonyl (C=O) groups excluding carboxylic acids is 1. The standard InChI is InChI=1S/C22H25N5O5/c1-26-11-10-24-22(26)21(15-12-16(31-2)14-17(13-15)32-3)25-20(28)8-9-23-18-6-4-5-7-19(18)27(29)30/h4-7,10-14,21,23H,8-9H2,1-3H3,(H,25,28). The molecule has 0 bridgehead atoms. The van der Waals surface area contributed by atoms with Gasteiger partial charge in [0.1, 0.15) is 29.1 Å². The number of para-hydroxylation sites is 2. The molecule has 1 unspecified atom stereocenters. The van der Waals surface area contributed by atoms with Crippen LogP contribution in [-0.2, 0) is 11.8 Å². The summed E-state index contributed by atoms with van der Waals surface area (Å²) < 4.78 is 12.5. The number of methoxy groups -OCH3 is 2. The molecule has 10 heteroatoms. The smallest absolute Gasteiger partial charge is 0.292 e. The number of nitrogens with one attached hydrogen (secondary N) is 2. The molecule has 0 aliphatic carbocycles. The van der Waals surface area contributed by atoms with Crippen molar-refractivity contribution in [1.82, 2.24) is 14.9 Å². The third-order valence-corrected chi connectivity index (χ3v) is 4.90. The molecule has 2 N–H and O–H groups in total. The number of hydrogen-bond acceptors (Lipinski definition) is 7. The highest BCUT2D eigenvalue weighted by atomic mass is 16.6. The van der Waals surface area contributed by atoms with Crippen molar-refractivity contribution in [3.05, 3.63) is 76.4 Å². The molecule has 1 amide bonds. The van der Waals surface area contributed by atoms with Gasteiger partial charge in [0.2, 0.25) is 5.91 Å². The predicted molar refractivity (Wildman–Crippen MR) is 119 cm³/mol. The van der Waals surface area contributed by atoms with Gasteiger partial charge in [0.25, 0.3) is 5.69 Å². The SMILES string of the molecule is COc1cc(OC)cc(C(NC(=O)CCNc2ccccc2[N+](=O)[O-])c2nccn2C)c1. The first-order valence-corrected chi connectivity index (χ1v) is 9.89. The molecule has 1 heterocycles. The summed E-state index contributed by atoms with van der Waals surface area (Å²) in [6.45, 7) is 0.228. The number of carbonyl (C=O) groups is 1. The zero-order chi connectivity index (χ0) is 23.1. The molecule has 3 rings (SSSR count). The minimum atomic E-state index is -0.544. The average Bonchev–Trinajstić information content (AvgIpc) is 3.22. The van der Waals surface area contributed by atoms with Crippen LogP contribution in [0.3, 0.4) is 0 Å². The van der Waals surface area contributed by atoms with E-state index in [1.807, 2.05) is 23.7 Å². The Morgan fingerprint density at radius 3 is 2.47 bits per heavy atom. The van der Waals surface area contributed by atoms with Gasteiger partial charge in [-0.05, 0) is 23.8 Å². The minimum Gasteiger partial charge on any atom is -0.497 e. The van der Waals surface area contributed by atoms with E-state index in [0.717, 1.165) is 5.56 Å². The fourth-order valence-electron chi connectivity index (χ4n) is 3.27. The summed E-state index contributed by atoms with van der Waals surface area (Å²) in [5.74, 6) is 1.57. The molecule has 0 spiro atoms. The lowest BCUT2D eigenvalue weighted by atomic mass is 10.0. The number of nitrogens with zero attached hydrogens (tertiary/aromatic N) is 3. The van der Waals surface area contributed by atoms with Gasteiger partial charge in [0.05, 0.1) is 19.1 Å². The van der Waals surface area contributed by atoms with Crippen LogP contribution in [0.2, 0.25) is 0 Å². The van der Waals surface area contributed by atoms with E-state index in [0.29, 0.717) is 23.0 Å². The van der Waals surface area contributed by atoms with Crippen LogP contribution in [0.15, 0.2) is 54.9 Å². The molecule has 10 nitrogen and oxygen atoms in total. The summed E-state index contributed by atoms with van der Waals surface area (Å²) in [5, 5.41) is 17.1. The van der Waals surface area contributed by atoms with E-state index in [-0.39, 0.29) is 24.6 Å². The van der Waals surface area contributed by atoms with Crippen molar-refractivity contribution in [2.75, 3.05) is 26.1 Å². The summed E-state index contributed by atoms with van der Waals surface area (Å²) >= 11 is 0. The van der Waals surface area contributed by atoms with Gasteiger partial charge in [-0.1, -0.05) is 12.1 Å². The van der Waals surface area contributed by atoms with Gasteiger partial charge in [-0.3, -0.25) is 14.9 Å². The lowest BCUT2D eigenvalue weighted by Crippen LogP contribution is -2.32. The predicted octanol–water partition coefficient (Wildman–Crippen LogP) is 3.05. The monoisotopic (exact) mass is 439 g/mol. The second kappa shape index (κ2) is 10.3. The number of imidazole rings is 1. The fourth-order valence-corrected chi connectivity index (χ4v) is 3.27. The number of hydrogen-bond donors (Lipinski definition) is 2. The number of benzene rings is 2. The summed E-state index contributed by atoms with van der Waals surface area (Å²) in [6.07, 6.45) is 3.55. The Balaban J connectivity index is 1.76. The third-order valence-electron chi connectivity index (χ3n) is 4.90. The summed E-state index contributed by atoms with van der Waals surface area (Å²) in [7, 11) is 4.96. The number of nitro groups is 1. The maximum atomic E-state index is 12.8. The summed E-state index contributed by atoms with van der Waals surface area (Å²) in [5.41, 5.74) is 1.07. The number of anilines is 1. The average molecular weight is 439 g/mol. The molecular weight excluding hydrogens is 414 g/mol. The van der Waals surface area contributed by atoms with Crippen LogP contribution in [0.5, 0.6) is 11.5 Å². The molecule has 0 radical (unpaired) electrons. The van der Waals surface area contributed by atoms with E-state index < -0.39 is 11.0 Å². The second-order valence-corrected chi connectivity index (χ2v) is 6.99. The Bertz CT molecular complexity index is 1080. The van der Waals surface area contributed by atoms with Gasteiger partial charge in [0.15, 0.2) is 0 Å². The number of aromatic nitrogens is 2. The maximum absolute atomic E-state index is 12.8. The normalized spacial score (nSPS) is 11.5. The highest BCUT2D eigenvalue weighted by molar-refractivity contribution is 5.77.